The normalized spacial score (nSPS) is 12.0. The van der Waals surface area contributed by atoms with Crippen LogP contribution in [-0.4, -0.2) is 14.8 Å². The van der Waals surface area contributed by atoms with E-state index >= 15 is 0 Å². The van der Waals surface area contributed by atoms with E-state index in [4.69, 9.17) is 0 Å². The van der Waals surface area contributed by atoms with Crippen LogP contribution in [0.5, 0.6) is 11.5 Å². The molecule has 2 rings (SSSR count). The lowest BCUT2D eigenvalue weighted by atomic mass is 10.3. The summed E-state index contributed by atoms with van der Waals surface area (Å²) in [4.78, 5) is -0.957. The minimum Gasteiger partial charge on any atom is -0.404 e. The molecule has 2 aromatic carbocycles. The molecule has 0 aliphatic carbocycles. The summed E-state index contributed by atoms with van der Waals surface area (Å²) < 4.78 is 95.1. The average Bonchev–Trinajstić information content (AvgIpc) is 2.40. The standard InChI is InChI=1S/C13H7F5O4S/c14-8-5-6-10(9(15)7-8)22-23(19,20)12-4-2-1-3-11(12)21-13(16,17)18/h1-7H. The van der Waals surface area contributed by atoms with Crippen molar-refractivity contribution in [2.45, 2.75) is 11.3 Å². The Labute approximate surface area is 127 Å². The highest BCUT2D eigenvalue weighted by Gasteiger charge is 2.34. The number of alkyl halides is 3. The van der Waals surface area contributed by atoms with Crippen LogP contribution in [0.4, 0.5) is 22.0 Å². The van der Waals surface area contributed by atoms with Gasteiger partial charge in [-0.1, -0.05) is 12.1 Å². The first-order chi connectivity index (χ1) is 10.6. The molecule has 0 heterocycles. The molecule has 0 radical (unpaired) electrons. The van der Waals surface area contributed by atoms with Gasteiger partial charge in [-0.15, -0.1) is 13.2 Å². The lowest BCUT2D eigenvalue weighted by molar-refractivity contribution is -0.275. The number of hydrogen-bond donors (Lipinski definition) is 0. The average molecular weight is 354 g/mol. The third kappa shape index (κ3) is 4.31. The van der Waals surface area contributed by atoms with Gasteiger partial charge in [0.1, 0.15) is 10.7 Å². The van der Waals surface area contributed by atoms with Crippen molar-refractivity contribution in [1.82, 2.24) is 0 Å². The van der Waals surface area contributed by atoms with Crippen LogP contribution in [0, 0.1) is 11.6 Å². The molecule has 0 aliphatic heterocycles. The van der Waals surface area contributed by atoms with Crippen molar-refractivity contribution in [2.75, 3.05) is 0 Å². The predicted molar refractivity (Wildman–Crippen MR) is 67.3 cm³/mol. The lowest BCUT2D eigenvalue weighted by Crippen LogP contribution is -2.20. The van der Waals surface area contributed by atoms with Crippen LogP contribution in [0.15, 0.2) is 47.4 Å². The minimum atomic E-state index is -5.13. The van der Waals surface area contributed by atoms with Gasteiger partial charge in [-0.3, -0.25) is 0 Å². The fraction of sp³-hybridized carbons (Fsp3) is 0.0769. The quantitative estimate of drug-likeness (QED) is 0.622. The summed E-state index contributed by atoms with van der Waals surface area (Å²) in [6, 6.07) is 5.56. The van der Waals surface area contributed by atoms with Gasteiger partial charge in [0.15, 0.2) is 17.3 Å². The molecule has 0 saturated carbocycles. The van der Waals surface area contributed by atoms with Gasteiger partial charge in [0.05, 0.1) is 0 Å². The number of para-hydroxylation sites is 1. The van der Waals surface area contributed by atoms with E-state index in [1.807, 2.05) is 0 Å². The largest absolute Gasteiger partial charge is 0.573 e. The molecule has 2 aromatic rings. The van der Waals surface area contributed by atoms with Crippen LogP contribution in [0.2, 0.25) is 0 Å². The van der Waals surface area contributed by atoms with Crippen molar-refractivity contribution in [3.05, 3.63) is 54.1 Å². The molecule has 0 fully saturated rings. The Hall–Kier alpha value is -2.36. The molecular weight excluding hydrogens is 347 g/mol. The van der Waals surface area contributed by atoms with Crippen molar-refractivity contribution in [3.8, 4) is 11.5 Å². The Morgan fingerprint density at radius 1 is 0.913 bits per heavy atom. The molecule has 0 bridgehead atoms. The van der Waals surface area contributed by atoms with Crippen molar-refractivity contribution in [2.24, 2.45) is 0 Å². The van der Waals surface area contributed by atoms with Crippen LogP contribution >= 0.6 is 0 Å². The van der Waals surface area contributed by atoms with Crippen molar-refractivity contribution >= 4 is 10.1 Å². The zero-order valence-corrected chi connectivity index (χ0v) is 11.8. The van der Waals surface area contributed by atoms with Gasteiger partial charge in [-0.25, -0.2) is 8.78 Å². The maximum atomic E-state index is 13.4. The summed E-state index contributed by atoms with van der Waals surface area (Å²) >= 11 is 0. The van der Waals surface area contributed by atoms with Crippen LogP contribution in [0.3, 0.4) is 0 Å². The zero-order valence-electron chi connectivity index (χ0n) is 11.0. The number of halogens is 5. The van der Waals surface area contributed by atoms with E-state index in [2.05, 4.69) is 8.92 Å². The van der Waals surface area contributed by atoms with Crippen LogP contribution < -0.4 is 8.92 Å². The van der Waals surface area contributed by atoms with E-state index in [0.717, 1.165) is 30.3 Å². The molecular formula is C13H7F5O4S. The molecule has 124 valence electrons. The van der Waals surface area contributed by atoms with E-state index in [0.29, 0.717) is 12.1 Å². The van der Waals surface area contributed by atoms with Gasteiger partial charge in [0.2, 0.25) is 0 Å². The number of ether oxygens (including phenoxy) is 1. The third-order valence-corrected chi connectivity index (χ3v) is 3.71. The Bertz CT molecular complexity index is 817. The third-order valence-electron chi connectivity index (χ3n) is 2.44. The first-order valence-electron chi connectivity index (χ1n) is 5.83. The molecule has 0 saturated heterocycles. The van der Waals surface area contributed by atoms with E-state index < -0.39 is 44.5 Å². The van der Waals surface area contributed by atoms with E-state index in [1.54, 1.807) is 0 Å². The van der Waals surface area contributed by atoms with E-state index in [9.17, 15) is 30.4 Å². The van der Waals surface area contributed by atoms with Gasteiger partial charge in [-0.05, 0) is 24.3 Å². The lowest BCUT2D eigenvalue weighted by Gasteiger charge is -2.13. The summed E-state index contributed by atoms with van der Waals surface area (Å²) in [6.45, 7) is 0. The second kappa shape index (κ2) is 6.03. The number of hydrogen-bond acceptors (Lipinski definition) is 4. The topological polar surface area (TPSA) is 52.6 Å². The van der Waals surface area contributed by atoms with E-state index in [1.165, 1.54) is 0 Å². The Morgan fingerprint density at radius 3 is 2.17 bits per heavy atom. The molecule has 10 heteroatoms. The van der Waals surface area contributed by atoms with Crippen molar-refractivity contribution < 1.29 is 39.3 Å². The Balaban J connectivity index is 2.40. The second-order valence-corrected chi connectivity index (χ2v) is 5.62. The van der Waals surface area contributed by atoms with Crippen molar-refractivity contribution in [1.29, 1.82) is 0 Å². The maximum absolute atomic E-state index is 13.4. The summed E-state index contributed by atoms with van der Waals surface area (Å²) in [6.07, 6.45) is -5.13. The zero-order chi connectivity index (χ0) is 17.3. The number of rotatable bonds is 4. The maximum Gasteiger partial charge on any atom is 0.573 e. The van der Waals surface area contributed by atoms with Gasteiger partial charge in [-0.2, -0.15) is 8.42 Å². The highest BCUT2D eigenvalue weighted by molar-refractivity contribution is 7.87. The van der Waals surface area contributed by atoms with Gasteiger partial charge in [0, 0.05) is 6.07 Å². The predicted octanol–water partition coefficient (Wildman–Crippen LogP) is 3.63. The summed E-state index contributed by atoms with van der Waals surface area (Å²) in [5.41, 5.74) is 0. The molecule has 0 amide bonds. The van der Waals surface area contributed by atoms with Crippen LogP contribution in [-0.2, 0) is 10.1 Å². The van der Waals surface area contributed by atoms with Gasteiger partial charge in [0.25, 0.3) is 0 Å². The van der Waals surface area contributed by atoms with E-state index in [-0.39, 0.29) is 0 Å². The highest BCUT2D eigenvalue weighted by Crippen LogP contribution is 2.31. The fourth-order valence-electron chi connectivity index (χ4n) is 1.57. The summed E-state index contributed by atoms with van der Waals surface area (Å²) in [7, 11) is -4.84. The molecule has 23 heavy (non-hydrogen) atoms. The smallest absolute Gasteiger partial charge is 0.404 e. The minimum absolute atomic E-state index is 0.364. The molecule has 0 aromatic heterocycles. The molecule has 0 N–H and O–H groups in total. The highest BCUT2D eigenvalue weighted by atomic mass is 32.2. The van der Waals surface area contributed by atoms with Crippen LogP contribution in [0.25, 0.3) is 0 Å². The SMILES string of the molecule is O=S(=O)(Oc1ccc(F)cc1F)c1ccccc1OC(F)(F)F. The molecule has 0 unspecified atom stereocenters. The second-order valence-electron chi connectivity index (χ2n) is 4.11. The molecule has 0 spiro atoms. The monoisotopic (exact) mass is 354 g/mol. The van der Waals surface area contributed by atoms with Crippen molar-refractivity contribution in [3.63, 3.8) is 0 Å². The number of benzene rings is 2. The molecule has 0 aliphatic rings. The van der Waals surface area contributed by atoms with Gasteiger partial charge < -0.3 is 8.92 Å². The summed E-state index contributed by atoms with van der Waals surface area (Å²) in [5.74, 6) is -4.22. The fourth-order valence-corrected chi connectivity index (χ4v) is 2.63. The van der Waals surface area contributed by atoms with Gasteiger partial charge >= 0.3 is 16.5 Å². The first-order valence-corrected chi connectivity index (χ1v) is 7.24. The molecule has 4 nitrogen and oxygen atoms in total. The summed E-state index contributed by atoms with van der Waals surface area (Å²) in [5, 5.41) is 0. The van der Waals surface area contributed by atoms with Crippen LogP contribution in [0.1, 0.15) is 0 Å². The Kier molecular flexibility index (Phi) is 4.46. The molecule has 0 atom stereocenters. The first kappa shape index (κ1) is 17.0. The Morgan fingerprint density at radius 2 is 1.57 bits per heavy atom.